The zero-order valence-corrected chi connectivity index (χ0v) is 14.4. The van der Waals surface area contributed by atoms with Crippen molar-refractivity contribution in [1.82, 2.24) is 10.2 Å². The molecule has 0 saturated carbocycles. The zero-order chi connectivity index (χ0) is 15.5. The standard InChI is InChI=1S/C18H26N2OS/c1-13(2)18(21)20-10-9-14(12-20)19-16-7-5-11-22-17-8-4-3-6-15(16)17/h3-4,6,8,13-14,16,19H,5,7,9-12H2,1-2H3/t14-,16+/m1/s1. The van der Waals surface area contributed by atoms with Crippen LogP contribution in [0.3, 0.4) is 0 Å². The summed E-state index contributed by atoms with van der Waals surface area (Å²) in [4.78, 5) is 15.6. The monoisotopic (exact) mass is 318 g/mol. The molecule has 3 rings (SSSR count). The number of fused-ring (bicyclic) bond motifs is 1. The van der Waals surface area contributed by atoms with Crippen molar-refractivity contribution in [2.45, 2.75) is 50.1 Å². The minimum absolute atomic E-state index is 0.105. The molecule has 1 aromatic rings. The Labute approximate surface area is 137 Å². The van der Waals surface area contributed by atoms with E-state index in [1.807, 2.05) is 30.5 Å². The summed E-state index contributed by atoms with van der Waals surface area (Å²) in [6, 6.07) is 9.64. The highest BCUT2D eigenvalue weighted by Gasteiger charge is 2.30. The summed E-state index contributed by atoms with van der Waals surface area (Å²) in [5.74, 6) is 1.60. The summed E-state index contributed by atoms with van der Waals surface area (Å²) in [5, 5.41) is 3.83. The Morgan fingerprint density at radius 2 is 2.14 bits per heavy atom. The SMILES string of the molecule is CC(C)C(=O)N1CC[C@@H](N[C@H]2CCCSc3ccccc32)C1. The predicted octanol–water partition coefficient (Wildman–Crippen LogP) is 3.46. The molecule has 2 aliphatic heterocycles. The third-order valence-corrected chi connectivity index (χ3v) is 5.80. The molecule has 0 bridgehead atoms. The first kappa shape index (κ1) is 15.9. The number of amides is 1. The molecule has 0 radical (unpaired) electrons. The molecule has 0 aromatic heterocycles. The highest BCUT2D eigenvalue weighted by Crippen LogP contribution is 2.35. The average molecular weight is 318 g/mol. The van der Waals surface area contributed by atoms with Crippen LogP contribution in [0, 0.1) is 5.92 Å². The Bertz CT molecular complexity index is 532. The van der Waals surface area contributed by atoms with Gasteiger partial charge >= 0.3 is 0 Å². The van der Waals surface area contributed by atoms with Crippen molar-refractivity contribution in [3.8, 4) is 0 Å². The lowest BCUT2D eigenvalue weighted by atomic mass is 10.0. The van der Waals surface area contributed by atoms with Gasteiger partial charge in [-0.15, -0.1) is 11.8 Å². The topological polar surface area (TPSA) is 32.3 Å². The summed E-state index contributed by atoms with van der Waals surface area (Å²) in [5.41, 5.74) is 1.44. The van der Waals surface area contributed by atoms with Crippen LogP contribution in [-0.4, -0.2) is 35.7 Å². The van der Waals surface area contributed by atoms with E-state index in [0.29, 0.717) is 18.0 Å². The second kappa shape index (κ2) is 7.05. The number of thioether (sulfide) groups is 1. The molecule has 0 aliphatic carbocycles. The van der Waals surface area contributed by atoms with Gasteiger partial charge in [0, 0.05) is 36.0 Å². The first-order valence-electron chi connectivity index (χ1n) is 8.41. The molecule has 2 heterocycles. The normalized spacial score (nSPS) is 25.1. The highest BCUT2D eigenvalue weighted by molar-refractivity contribution is 7.99. The summed E-state index contributed by atoms with van der Waals surface area (Å²) in [6.07, 6.45) is 3.52. The van der Waals surface area contributed by atoms with Crippen LogP contribution in [0.4, 0.5) is 0 Å². The molecule has 1 saturated heterocycles. The van der Waals surface area contributed by atoms with E-state index in [1.54, 1.807) is 0 Å². The van der Waals surface area contributed by atoms with E-state index in [2.05, 4.69) is 29.6 Å². The maximum atomic E-state index is 12.1. The van der Waals surface area contributed by atoms with Gasteiger partial charge in [0.05, 0.1) is 0 Å². The summed E-state index contributed by atoms with van der Waals surface area (Å²) >= 11 is 1.98. The van der Waals surface area contributed by atoms with Crippen LogP contribution in [0.25, 0.3) is 0 Å². The van der Waals surface area contributed by atoms with Crippen molar-refractivity contribution < 1.29 is 4.79 Å². The third kappa shape index (κ3) is 3.49. The smallest absolute Gasteiger partial charge is 0.225 e. The van der Waals surface area contributed by atoms with Crippen molar-refractivity contribution in [3.05, 3.63) is 29.8 Å². The second-order valence-corrected chi connectivity index (χ2v) is 7.81. The quantitative estimate of drug-likeness (QED) is 0.926. The highest BCUT2D eigenvalue weighted by atomic mass is 32.2. The molecule has 120 valence electrons. The first-order valence-corrected chi connectivity index (χ1v) is 9.40. The summed E-state index contributed by atoms with van der Waals surface area (Å²) in [6.45, 7) is 5.74. The molecule has 2 atom stereocenters. The number of rotatable bonds is 3. The van der Waals surface area contributed by atoms with Crippen molar-refractivity contribution in [1.29, 1.82) is 0 Å². The van der Waals surface area contributed by atoms with E-state index in [1.165, 1.54) is 29.1 Å². The predicted molar refractivity (Wildman–Crippen MR) is 92.1 cm³/mol. The van der Waals surface area contributed by atoms with Gasteiger partial charge in [-0.2, -0.15) is 0 Å². The van der Waals surface area contributed by atoms with E-state index in [-0.39, 0.29) is 5.92 Å². The number of hydrogen-bond acceptors (Lipinski definition) is 3. The second-order valence-electron chi connectivity index (χ2n) is 6.67. The molecule has 0 unspecified atom stereocenters. The number of benzene rings is 1. The fourth-order valence-corrected chi connectivity index (χ4v) is 4.53. The molecule has 0 spiro atoms. The van der Waals surface area contributed by atoms with Crippen LogP contribution >= 0.6 is 11.8 Å². The number of nitrogens with zero attached hydrogens (tertiary/aromatic N) is 1. The number of hydrogen-bond donors (Lipinski definition) is 1. The minimum atomic E-state index is 0.105. The number of carbonyl (C=O) groups excluding carboxylic acids is 1. The third-order valence-electron chi connectivity index (χ3n) is 4.62. The van der Waals surface area contributed by atoms with E-state index in [0.717, 1.165) is 19.5 Å². The van der Waals surface area contributed by atoms with Crippen molar-refractivity contribution in [2.75, 3.05) is 18.8 Å². The lowest BCUT2D eigenvalue weighted by Crippen LogP contribution is -2.38. The van der Waals surface area contributed by atoms with E-state index in [9.17, 15) is 4.79 Å². The maximum Gasteiger partial charge on any atom is 0.225 e. The fraction of sp³-hybridized carbons (Fsp3) is 0.611. The van der Waals surface area contributed by atoms with Crippen LogP contribution in [0.15, 0.2) is 29.2 Å². The average Bonchev–Trinajstić information content (AvgIpc) is 2.88. The van der Waals surface area contributed by atoms with Crippen molar-refractivity contribution in [3.63, 3.8) is 0 Å². The van der Waals surface area contributed by atoms with Gasteiger partial charge in [0.1, 0.15) is 0 Å². The lowest BCUT2D eigenvalue weighted by Gasteiger charge is -2.24. The molecule has 2 aliphatic rings. The summed E-state index contributed by atoms with van der Waals surface area (Å²) in [7, 11) is 0. The lowest BCUT2D eigenvalue weighted by molar-refractivity contribution is -0.133. The Balaban J connectivity index is 1.65. The van der Waals surface area contributed by atoms with Crippen LogP contribution < -0.4 is 5.32 Å². The van der Waals surface area contributed by atoms with Gasteiger partial charge in [-0.3, -0.25) is 4.79 Å². The minimum Gasteiger partial charge on any atom is -0.341 e. The summed E-state index contributed by atoms with van der Waals surface area (Å²) < 4.78 is 0. The van der Waals surface area contributed by atoms with Gasteiger partial charge in [0.15, 0.2) is 0 Å². The van der Waals surface area contributed by atoms with E-state index < -0.39 is 0 Å². The van der Waals surface area contributed by atoms with Crippen LogP contribution in [0.5, 0.6) is 0 Å². The van der Waals surface area contributed by atoms with E-state index in [4.69, 9.17) is 0 Å². The molecular weight excluding hydrogens is 292 g/mol. The van der Waals surface area contributed by atoms with Crippen LogP contribution in [0.1, 0.15) is 44.7 Å². The van der Waals surface area contributed by atoms with Gasteiger partial charge < -0.3 is 10.2 Å². The van der Waals surface area contributed by atoms with Gasteiger partial charge in [-0.25, -0.2) is 0 Å². The van der Waals surface area contributed by atoms with Crippen LogP contribution in [-0.2, 0) is 4.79 Å². The van der Waals surface area contributed by atoms with Crippen molar-refractivity contribution >= 4 is 17.7 Å². The maximum absolute atomic E-state index is 12.1. The Morgan fingerprint density at radius 1 is 1.32 bits per heavy atom. The molecule has 1 amide bonds. The van der Waals surface area contributed by atoms with Crippen molar-refractivity contribution in [2.24, 2.45) is 5.92 Å². The zero-order valence-electron chi connectivity index (χ0n) is 13.5. The van der Waals surface area contributed by atoms with Gasteiger partial charge in [-0.1, -0.05) is 32.0 Å². The first-order chi connectivity index (χ1) is 10.6. The molecular formula is C18H26N2OS. The molecule has 1 aromatic carbocycles. The Kier molecular flexibility index (Phi) is 5.09. The molecule has 1 N–H and O–H groups in total. The van der Waals surface area contributed by atoms with E-state index >= 15 is 0 Å². The number of nitrogens with one attached hydrogen (secondary N) is 1. The van der Waals surface area contributed by atoms with Crippen LogP contribution in [0.2, 0.25) is 0 Å². The number of carbonyl (C=O) groups is 1. The largest absolute Gasteiger partial charge is 0.341 e. The molecule has 22 heavy (non-hydrogen) atoms. The van der Waals surface area contributed by atoms with Gasteiger partial charge in [0.25, 0.3) is 0 Å². The van der Waals surface area contributed by atoms with Gasteiger partial charge in [-0.05, 0) is 36.6 Å². The fourth-order valence-electron chi connectivity index (χ4n) is 3.44. The molecule has 1 fully saturated rings. The number of likely N-dealkylation sites (tertiary alicyclic amines) is 1. The van der Waals surface area contributed by atoms with Gasteiger partial charge in [0.2, 0.25) is 5.91 Å². The Morgan fingerprint density at radius 3 is 2.95 bits per heavy atom. The molecule has 3 nitrogen and oxygen atoms in total. The molecule has 4 heteroatoms. The Hall–Kier alpha value is -1.00.